The summed E-state index contributed by atoms with van der Waals surface area (Å²) in [6.07, 6.45) is 6.86. The average Bonchev–Trinajstić information content (AvgIpc) is 3.10. The number of carbonyl (C=O) groups is 1. The van der Waals surface area contributed by atoms with Crippen LogP contribution in [0.5, 0.6) is 0 Å². The van der Waals surface area contributed by atoms with Gasteiger partial charge in [0.25, 0.3) is 0 Å². The van der Waals surface area contributed by atoms with Crippen molar-refractivity contribution in [1.82, 2.24) is 15.2 Å². The number of rotatable bonds is 5. The molecule has 1 aliphatic carbocycles. The number of amides is 1. The highest BCUT2D eigenvalue weighted by molar-refractivity contribution is 5.86. The van der Waals surface area contributed by atoms with Gasteiger partial charge < -0.3 is 9.32 Å². The van der Waals surface area contributed by atoms with Crippen molar-refractivity contribution in [3.05, 3.63) is 42.3 Å². The largest absolute Gasteiger partial charge is 0.440 e. The van der Waals surface area contributed by atoms with Crippen LogP contribution in [0.15, 0.2) is 40.9 Å². The fourth-order valence-corrected chi connectivity index (χ4v) is 3.41. The van der Waals surface area contributed by atoms with Gasteiger partial charge in [0.15, 0.2) is 0 Å². The zero-order valence-electron chi connectivity index (χ0n) is 14.4. The maximum Gasteiger partial charge on any atom is 0.242 e. The first kappa shape index (κ1) is 16.7. The van der Waals surface area contributed by atoms with E-state index < -0.39 is 5.54 Å². The van der Waals surface area contributed by atoms with Gasteiger partial charge in [0.1, 0.15) is 5.76 Å². The number of oxazole rings is 1. The Morgan fingerprint density at radius 1 is 1.21 bits per heavy atom. The number of benzene rings is 1. The number of hydrogen-bond acceptors (Lipinski definition) is 4. The molecular formula is C19H25N3O2. The van der Waals surface area contributed by atoms with Crippen molar-refractivity contribution < 1.29 is 9.21 Å². The molecule has 5 nitrogen and oxygen atoms in total. The summed E-state index contributed by atoms with van der Waals surface area (Å²) in [5.74, 6) is 1.53. The van der Waals surface area contributed by atoms with Gasteiger partial charge in [-0.2, -0.15) is 0 Å². The van der Waals surface area contributed by atoms with Crippen LogP contribution < -0.4 is 5.32 Å². The second-order valence-corrected chi connectivity index (χ2v) is 6.69. The van der Waals surface area contributed by atoms with E-state index in [0.717, 1.165) is 37.0 Å². The number of nitrogens with one attached hydrogen (secondary N) is 1. The lowest BCUT2D eigenvalue weighted by Gasteiger charge is -2.38. The minimum absolute atomic E-state index is 0.157. The number of nitrogens with zero attached hydrogens (tertiary/aromatic N) is 2. The molecule has 0 atom stereocenters. The van der Waals surface area contributed by atoms with Crippen molar-refractivity contribution in [1.29, 1.82) is 0 Å². The lowest BCUT2D eigenvalue weighted by Crippen LogP contribution is -2.57. The molecule has 0 unspecified atom stereocenters. The predicted octanol–water partition coefficient (Wildman–Crippen LogP) is 3.22. The minimum atomic E-state index is -0.471. The zero-order valence-corrected chi connectivity index (χ0v) is 14.4. The monoisotopic (exact) mass is 327 g/mol. The van der Waals surface area contributed by atoms with E-state index in [9.17, 15) is 4.79 Å². The van der Waals surface area contributed by atoms with Gasteiger partial charge in [-0.05, 0) is 25.0 Å². The quantitative estimate of drug-likeness (QED) is 0.916. The molecule has 0 aliphatic heterocycles. The van der Waals surface area contributed by atoms with Gasteiger partial charge in [-0.15, -0.1) is 0 Å². The lowest BCUT2D eigenvalue weighted by molar-refractivity contribution is -0.137. The van der Waals surface area contributed by atoms with Gasteiger partial charge in [0, 0.05) is 19.7 Å². The molecule has 24 heavy (non-hydrogen) atoms. The number of likely N-dealkylation sites (N-methyl/N-ethyl adjacent to an activating group) is 1. The fourth-order valence-electron chi connectivity index (χ4n) is 3.41. The Balaban J connectivity index is 1.71. The number of aromatic nitrogens is 1. The maximum absolute atomic E-state index is 12.7. The predicted molar refractivity (Wildman–Crippen MR) is 93.3 cm³/mol. The van der Waals surface area contributed by atoms with E-state index in [2.05, 4.69) is 10.3 Å². The van der Waals surface area contributed by atoms with E-state index in [-0.39, 0.29) is 5.91 Å². The number of carbonyl (C=O) groups excluding carboxylic acids is 1. The highest BCUT2D eigenvalue weighted by Crippen LogP contribution is 2.30. The molecular weight excluding hydrogens is 302 g/mol. The normalized spacial score (nSPS) is 16.8. The van der Waals surface area contributed by atoms with Crippen LogP contribution in [0.1, 0.15) is 37.9 Å². The molecule has 0 radical (unpaired) electrons. The van der Waals surface area contributed by atoms with Gasteiger partial charge in [-0.1, -0.05) is 37.5 Å². The van der Waals surface area contributed by atoms with Crippen molar-refractivity contribution in [2.45, 2.75) is 44.2 Å². The van der Waals surface area contributed by atoms with Crippen molar-refractivity contribution in [2.24, 2.45) is 0 Å². The third kappa shape index (κ3) is 3.51. The summed E-state index contributed by atoms with van der Waals surface area (Å²) in [4.78, 5) is 18.7. The minimum Gasteiger partial charge on any atom is -0.440 e. The van der Waals surface area contributed by atoms with Crippen LogP contribution in [0.3, 0.4) is 0 Å². The molecule has 1 saturated carbocycles. The molecule has 3 rings (SSSR count). The van der Waals surface area contributed by atoms with Gasteiger partial charge in [0.05, 0.1) is 18.3 Å². The molecule has 1 fully saturated rings. The van der Waals surface area contributed by atoms with Crippen molar-refractivity contribution in [3.8, 4) is 11.5 Å². The van der Waals surface area contributed by atoms with E-state index in [1.54, 1.807) is 11.1 Å². The summed E-state index contributed by atoms with van der Waals surface area (Å²) in [7, 11) is 3.64. The van der Waals surface area contributed by atoms with Crippen LogP contribution in [0.4, 0.5) is 0 Å². The molecule has 2 aromatic rings. The Kier molecular flexibility index (Phi) is 5.00. The third-order valence-corrected chi connectivity index (χ3v) is 4.70. The number of hydrogen-bond donors (Lipinski definition) is 1. The standard InChI is InChI=1S/C19H25N3O2/c1-22(2)18(23)19(11-7-4-8-12-19)21-14-16-13-20-17(24-16)15-9-5-3-6-10-15/h3,5-6,9-10,13,21H,4,7-8,11-12,14H2,1-2H3. The smallest absolute Gasteiger partial charge is 0.242 e. The van der Waals surface area contributed by atoms with Gasteiger partial charge in [-0.25, -0.2) is 4.98 Å². The van der Waals surface area contributed by atoms with Crippen molar-refractivity contribution in [2.75, 3.05) is 14.1 Å². The SMILES string of the molecule is CN(C)C(=O)C1(NCc2cnc(-c3ccccc3)o2)CCCCC1. The Hall–Kier alpha value is -2.14. The summed E-state index contributed by atoms with van der Waals surface area (Å²) in [6.45, 7) is 0.513. The van der Waals surface area contributed by atoms with Gasteiger partial charge in [0.2, 0.25) is 11.8 Å². The van der Waals surface area contributed by atoms with E-state index in [0.29, 0.717) is 12.4 Å². The summed E-state index contributed by atoms with van der Waals surface area (Å²) in [5.41, 5.74) is 0.488. The topological polar surface area (TPSA) is 58.4 Å². The molecule has 1 heterocycles. The molecule has 1 amide bonds. The Morgan fingerprint density at radius 3 is 2.58 bits per heavy atom. The van der Waals surface area contributed by atoms with Gasteiger partial charge in [-0.3, -0.25) is 10.1 Å². The van der Waals surface area contributed by atoms with E-state index in [1.165, 1.54) is 6.42 Å². The van der Waals surface area contributed by atoms with E-state index in [1.807, 2.05) is 44.4 Å². The molecule has 1 aliphatic rings. The summed E-state index contributed by atoms with van der Waals surface area (Å²) in [5, 5.41) is 3.47. The highest BCUT2D eigenvalue weighted by Gasteiger charge is 2.40. The van der Waals surface area contributed by atoms with Crippen molar-refractivity contribution >= 4 is 5.91 Å². The molecule has 1 aromatic heterocycles. The fraction of sp³-hybridized carbons (Fsp3) is 0.474. The van der Waals surface area contributed by atoms with Gasteiger partial charge >= 0.3 is 0 Å². The molecule has 128 valence electrons. The first-order valence-corrected chi connectivity index (χ1v) is 8.58. The Morgan fingerprint density at radius 2 is 1.92 bits per heavy atom. The highest BCUT2D eigenvalue weighted by atomic mass is 16.4. The Bertz CT molecular complexity index is 673. The Labute approximate surface area is 143 Å². The van der Waals surface area contributed by atoms with Crippen LogP contribution in [0.2, 0.25) is 0 Å². The molecule has 1 aromatic carbocycles. The van der Waals surface area contributed by atoms with E-state index in [4.69, 9.17) is 4.42 Å². The van der Waals surface area contributed by atoms with Crippen LogP contribution in [-0.2, 0) is 11.3 Å². The van der Waals surface area contributed by atoms with Crippen LogP contribution >= 0.6 is 0 Å². The van der Waals surface area contributed by atoms with Crippen LogP contribution in [0, 0.1) is 0 Å². The first-order valence-electron chi connectivity index (χ1n) is 8.58. The lowest BCUT2D eigenvalue weighted by atomic mass is 9.80. The summed E-state index contributed by atoms with van der Waals surface area (Å²) in [6, 6.07) is 9.84. The summed E-state index contributed by atoms with van der Waals surface area (Å²) < 4.78 is 5.85. The maximum atomic E-state index is 12.7. The molecule has 5 heteroatoms. The molecule has 0 bridgehead atoms. The summed E-state index contributed by atoms with van der Waals surface area (Å²) >= 11 is 0. The van der Waals surface area contributed by atoms with E-state index >= 15 is 0 Å². The zero-order chi connectivity index (χ0) is 17.0. The van der Waals surface area contributed by atoms with Crippen LogP contribution in [-0.4, -0.2) is 35.4 Å². The molecule has 0 spiro atoms. The van der Waals surface area contributed by atoms with Crippen molar-refractivity contribution in [3.63, 3.8) is 0 Å². The second-order valence-electron chi connectivity index (χ2n) is 6.69. The molecule has 1 N–H and O–H groups in total. The van der Waals surface area contributed by atoms with Crippen LogP contribution in [0.25, 0.3) is 11.5 Å². The first-order chi connectivity index (χ1) is 11.6. The average molecular weight is 327 g/mol. The second kappa shape index (κ2) is 7.18. The molecule has 0 saturated heterocycles. The third-order valence-electron chi connectivity index (χ3n) is 4.70.